The topological polar surface area (TPSA) is 26.3 Å². The monoisotopic (exact) mass is 322 g/mol. The zero-order valence-corrected chi connectivity index (χ0v) is 11.9. The molecule has 98 valence electrons. The Bertz CT molecular complexity index is 611. The van der Waals surface area contributed by atoms with Crippen LogP contribution in [-0.4, -0.2) is 12.9 Å². The Kier molecular flexibility index (Phi) is 4.32. The van der Waals surface area contributed by atoms with Crippen molar-refractivity contribution in [1.82, 2.24) is 0 Å². The molecule has 0 unspecified atom stereocenters. The average molecular weight is 323 g/mol. The largest absolute Gasteiger partial charge is 0.496 e. The molecule has 0 aromatic heterocycles. The number of Topliss-reactive ketones (excluding diaryl/α,β-unsaturated/α-hetero) is 1. The summed E-state index contributed by atoms with van der Waals surface area (Å²) in [7, 11) is 1.54. The van der Waals surface area contributed by atoms with Crippen LogP contribution < -0.4 is 4.74 Å². The second-order valence-corrected chi connectivity index (χ2v) is 4.95. The quantitative estimate of drug-likeness (QED) is 0.795. The lowest BCUT2D eigenvalue weighted by atomic mass is 10.0. The number of rotatable bonds is 4. The molecular formula is C15H12BrFO2. The minimum Gasteiger partial charge on any atom is -0.496 e. The van der Waals surface area contributed by atoms with Crippen LogP contribution in [0.1, 0.15) is 15.9 Å². The summed E-state index contributed by atoms with van der Waals surface area (Å²) >= 11 is 3.35. The lowest BCUT2D eigenvalue weighted by Gasteiger charge is -2.09. The summed E-state index contributed by atoms with van der Waals surface area (Å²) in [6.07, 6.45) is 0.101. The molecule has 0 amide bonds. The van der Waals surface area contributed by atoms with E-state index in [2.05, 4.69) is 15.9 Å². The van der Waals surface area contributed by atoms with Crippen molar-refractivity contribution < 1.29 is 13.9 Å². The van der Waals surface area contributed by atoms with Gasteiger partial charge in [0.2, 0.25) is 0 Å². The van der Waals surface area contributed by atoms with E-state index in [4.69, 9.17) is 4.74 Å². The number of hydrogen-bond acceptors (Lipinski definition) is 2. The summed E-state index contributed by atoms with van der Waals surface area (Å²) in [5, 5.41) is 0. The second kappa shape index (κ2) is 5.97. The fourth-order valence-electron chi connectivity index (χ4n) is 1.84. The predicted octanol–water partition coefficient (Wildman–Crippen LogP) is 4.02. The van der Waals surface area contributed by atoms with Gasteiger partial charge in [0.05, 0.1) is 12.7 Å². The molecule has 0 saturated heterocycles. The first-order chi connectivity index (χ1) is 9.11. The van der Waals surface area contributed by atoms with E-state index in [1.165, 1.54) is 12.1 Å². The van der Waals surface area contributed by atoms with Crippen molar-refractivity contribution >= 4 is 21.7 Å². The van der Waals surface area contributed by atoms with Crippen LogP contribution in [0.3, 0.4) is 0 Å². The second-order valence-electron chi connectivity index (χ2n) is 4.04. The minimum absolute atomic E-state index is 0.101. The number of methoxy groups -OCH3 is 1. The van der Waals surface area contributed by atoms with E-state index in [0.717, 1.165) is 10.0 Å². The normalized spacial score (nSPS) is 10.3. The van der Waals surface area contributed by atoms with Gasteiger partial charge in [-0.25, -0.2) is 4.39 Å². The first-order valence-corrected chi connectivity index (χ1v) is 6.51. The highest BCUT2D eigenvalue weighted by molar-refractivity contribution is 9.10. The smallest absolute Gasteiger partial charge is 0.170 e. The van der Waals surface area contributed by atoms with E-state index in [0.29, 0.717) is 5.75 Å². The Labute approximate surface area is 119 Å². The minimum atomic E-state index is -0.499. The molecule has 2 aromatic carbocycles. The standard InChI is InChI=1S/C15H12BrFO2/c1-19-15-7-6-11(16)8-10(15)9-14(18)12-4-2-3-5-13(12)17/h2-8H,9H2,1H3. The van der Waals surface area contributed by atoms with Crippen molar-refractivity contribution in [3.8, 4) is 5.75 Å². The molecule has 2 nitrogen and oxygen atoms in total. The zero-order valence-electron chi connectivity index (χ0n) is 10.3. The van der Waals surface area contributed by atoms with Crippen molar-refractivity contribution in [3.05, 3.63) is 63.9 Å². The van der Waals surface area contributed by atoms with Gasteiger partial charge in [-0.3, -0.25) is 4.79 Å². The Morgan fingerprint density at radius 3 is 2.68 bits per heavy atom. The van der Waals surface area contributed by atoms with Gasteiger partial charge in [-0.05, 0) is 30.3 Å². The van der Waals surface area contributed by atoms with Crippen LogP contribution >= 0.6 is 15.9 Å². The van der Waals surface area contributed by atoms with Gasteiger partial charge >= 0.3 is 0 Å². The van der Waals surface area contributed by atoms with Crippen LogP contribution in [0.4, 0.5) is 4.39 Å². The molecule has 0 radical (unpaired) electrons. The maximum absolute atomic E-state index is 13.5. The summed E-state index contributed by atoms with van der Waals surface area (Å²) in [5.41, 5.74) is 0.828. The molecule has 0 aliphatic rings. The predicted molar refractivity (Wildman–Crippen MR) is 75.1 cm³/mol. The number of ether oxygens (including phenoxy) is 1. The lowest BCUT2D eigenvalue weighted by molar-refractivity contribution is 0.0988. The number of hydrogen-bond donors (Lipinski definition) is 0. The molecule has 0 bridgehead atoms. The van der Waals surface area contributed by atoms with Crippen molar-refractivity contribution in [1.29, 1.82) is 0 Å². The van der Waals surface area contributed by atoms with Crippen molar-refractivity contribution in [2.24, 2.45) is 0 Å². The van der Waals surface area contributed by atoms with Crippen LogP contribution in [0.2, 0.25) is 0 Å². The molecule has 2 aromatic rings. The summed E-state index contributed by atoms with van der Waals surface area (Å²) in [6.45, 7) is 0. The van der Waals surface area contributed by atoms with Gasteiger partial charge in [0.25, 0.3) is 0 Å². The Balaban J connectivity index is 2.29. The lowest BCUT2D eigenvalue weighted by Crippen LogP contribution is -2.07. The molecule has 0 aliphatic heterocycles. The third-order valence-electron chi connectivity index (χ3n) is 2.77. The molecule has 19 heavy (non-hydrogen) atoms. The summed E-state index contributed by atoms with van der Waals surface area (Å²) in [6, 6.07) is 11.4. The van der Waals surface area contributed by atoms with Crippen LogP contribution in [0, 0.1) is 5.82 Å². The maximum Gasteiger partial charge on any atom is 0.170 e. The summed E-state index contributed by atoms with van der Waals surface area (Å²) < 4.78 is 19.6. The van der Waals surface area contributed by atoms with E-state index in [9.17, 15) is 9.18 Å². The Morgan fingerprint density at radius 1 is 1.26 bits per heavy atom. The number of benzene rings is 2. The molecule has 2 rings (SSSR count). The number of ketones is 1. The highest BCUT2D eigenvalue weighted by Gasteiger charge is 2.14. The highest BCUT2D eigenvalue weighted by Crippen LogP contribution is 2.24. The third-order valence-corrected chi connectivity index (χ3v) is 3.26. The molecule has 0 N–H and O–H groups in total. The Morgan fingerprint density at radius 2 is 2.00 bits per heavy atom. The van der Waals surface area contributed by atoms with E-state index >= 15 is 0 Å². The van der Waals surface area contributed by atoms with Gasteiger partial charge < -0.3 is 4.74 Å². The maximum atomic E-state index is 13.5. The van der Waals surface area contributed by atoms with Gasteiger partial charge in [-0.15, -0.1) is 0 Å². The molecular weight excluding hydrogens is 311 g/mol. The van der Waals surface area contributed by atoms with Gasteiger partial charge in [0, 0.05) is 16.5 Å². The third kappa shape index (κ3) is 3.20. The highest BCUT2D eigenvalue weighted by atomic mass is 79.9. The fraction of sp³-hybridized carbons (Fsp3) is 0.133. The molecule has 0 spiro atoms. The molecule has 0 heterocycles. The average Bonchev–Trinajstić information content (AvgIpc) is 2.39. The molecule has 0 aliphatic carbocycles. The summed E-state index contributed by atoms with van der Waals surface area (Å²) in [4.78, 5) is 12.1. The van der Waals surface area contributed by atoms with Crippen LogP contribution in [0.5, 0.6) is 5.75 Å². The van der Waals surface area contributed by atoms with E-state index in [1.807, 2.05) is 6.07 Å². The molecule has 0 atom stereocenters. The summed E-state index contributed by atoms with van der Waals surface area (Å²) in [5.74, 6) is -0.149. The SMILES string of the molecule is COc1ccc(Br)cc1CC(=O)c1ccccc1F. The van der Waals surface area contributed by atoms with Gasteiger partial charge in [-0.2, -0.15) is 0 Å². The van der Waals surface area contributed by atoms with E-state index < -0.39 is 5.82 Å². The number of carbonyl (C=O) groups excluding carboxylic acids is 1. The molecule has 4 heteroatoms. The zero-order chi connectivity index (χ0) is 13.8. The van der Waals surface area contributed by atoms with Gasteiger partial charge in [0.1, 0.15) is 11.6 Å². The molecule has 0 fully saturated rings. The van der Waals surface area contributed by atoms with Crippen molar-refractivity contribution in [2.75, 3.05) is 7.11 Å². The number of carbonyl (C=O) groups is 1. The van der Waals surface area contributed by atoms with E-state index in [1.54, 1.807) is 31.4 Å². The number of halogens is 2. The van der Waals surface area contributed by atoms with E-state index in [-0.39, 0.29) is 17.8 Å². The first-order valence-electron chi connectivity index (χ1n) is 5.72. The van der Waals surface area contributed by atoms with Crippen LogP contribution in [-0.2, 0) is 6.42 Å². The fourth-order valence-corrected chi connectivity index (χ4v) is 2.25. The van der Waals surface area contributed by atoms with Gasteiger partial charge in [-0.1, -0.05) is 28.1 Å². The Hall–Kier alpha value is -1.68. The van der Waals surface area contributed by atoms with Crippen molar-refractivity contribution in [2.45, 2.75) is 6.42 Å². The van der Waals surface area contributed by atoms with Crippen LogP contribution in [0.25, 0.3) is 0 Å². The first kappa shape index (κ1) is 13.7. The van der Waals surface area contributed by atoms with Gasteiger partial charge in [0.15, 0.2) is 5.78 Å². The molecule has 0 saturated carbocycles. The van der Waals surface area contributed by atoms with Crippen molar-refractivity contribution in [3.63, 3.8) is 0 Å². The van der Waals surface area contributed by atoms with Crippen LogP contribution in [0.15, 0.2) is 46.9 Å².